The molecule has 0 aliphatic carbocycles. The number of anilines is 1. The van der Waals surface area contributed by atoms with Gasteiger partial charge in [-0.3, -0.25) is 9.89 Å². The van der Waals surface area contributed by atoms with E-state index >= 15 is 0 Å². The molecule has 1 amide bonds. The van der Waals surface area contributed by atoms with Crippen LogP contribution in [0.2, 0.25) is 5.02 Å². The number of nitrogens with one attached hydrogen (secondary N) is 2. The molecule has 0 saturated heterocycles. The van der Waals surface area contributed by atoms with Gasteiger partial charge in [-0.25, -0.2) is 0 Å². The first kappa shape index (κ1) is 13.4. The van der Waals surface area contributed by atoms with Crippen LogP contribution in [0.5, 0.6) is 0 Å². The van der Waals surface area contributed by atoms with Crippen molar-refractivity contribution in [1.82, 2.24) is 10.2 Å². The third kappa shape index (κ3) is 3.12. The predicted octanol–water partition coefficient (Wildman–Crippen LogP) is 3.87. The minimum Gasteiger partial charge on any atom is -0.322 e. The van der Waals surface area contributed by atoms with E-state index in [1.807, 2.05) is 36.4 Å². The Hall–Kier alpha value is -2.59. The van der Waals surface area contributed by atoms with E-state index in [1.165, 1.54) is 6.08 Å². The average molecular weight is 298 g/mol. The summed E-state index contributed by atoms with van der Waals surface area (Å²) < 4.78 is 0. The van der Waals surface area contributed by atoms with Gasteiger partial charge in [-0.2, -0.15) is 5.10 Å². The first-order chi connectivity index (χ1) is 10.2. The number of aromatic nitrogens is 2. The summed E-state index contributed by atoms with van der Waals surface area (Å²) in [5.74, 6) is -0.210. The Morgan fingerprint density at radius 2 is 2.10 bits per heavy atom. The number of aromatic amines is 1. The van der Waals surface area contributed by atoms with Gasteiger partial charge in [0.15, 0.2) is 0 Å². The van der Waals surface area contributed by atoms with Crippen molar-refractivity contribution in [2.45, 2.75) is 0 Å². The lowest BCUT2D eigenvalue weighted by atomic mass is 10.2. The molecule has 2 N–H and O–H groups in total. The van der Waals surface area contributed by atoms with Crippen LogP contribution in [0.15, 0.2) is 54.7 Å². The largest absolute Gasteiger partial charge is 0.322 e. The van der Waals surface area contributed by atoms with Gasteiger partial charge in [-0.15, -0.1) is 0 Å². The fraction of sp³-hybridized carbons (Fsp3) is 0. The Bertz CT molecular complexity index is 823. The number of amides is 1. The van der Waals surface area contributed by atoms with Crippen LogP contribution in [0.25, 0.3) is 17.0 Å². The molecule has 0 bridgehead atoms. The highest BCUT2D eigenvalue weighted by molar-refractivity contribution is 6.32. The summed E-state index contributed by atoms with van der Waals surface area (Å²) in [7, 11) is 0. The lowest BCUT2D eigenvalue weighted by molar-refractivity contribution is -0.111. The van der Waals surface area contributed by atoms with E-state index in [9.17, 15) is 4.79 Å². The van der Waals surface area contributed by atoms with Crippen LogP contribution in [0.1, 0.15) is 5.56 Å². The number of hydrogen-bond donors (Lipinski definition) is 2. The van der Waals surface area contributed by atoms with Crippen molar-refractivity contribution in [2.75, 3.05) is 5.32 Å². The molecule has 21 heavy (non-hydrogen) atoms. The third-order valence-electron chi connectivity index (χ3n) is 3.03. The topological polar surface area (TPSA) is 57.8 Å². The molecule has 0 atom stereocenters. The van der Waals surface area contributed by atoms with E-state index in [0.29, 0.717) is 5.02 Å². The molecule has 4 nitrogen and oxygen atoms in total. The molecular formula is C16H12ClN3O. The van der Waals surface area contributed by atoms with Crippen molar-refractivity contribution in [1.29, 1.82) is 0 Å². The SMILES string of the molecule is O=C(/C=C/c1ccccc1Cl)Nc1ccc2[nH]ncc2c1. The molecule has 1 heterocycles. The van der Waals surface area contributed by atoms with Gasteiger partial charge < -0.3 is 5.32 Å². The number of nitrogens with zero attached hydrogens (tertiary/aromatic N) is 1. The molecule has 0 aliphatic heterocycles. The van der Waals surface area contributed by atoms with E-state index < -0.39 is 0 Å². The number of carbonyl (C=O) groups excluding carboxylic acids is 1. The Labute approximate surface area is 126 Å². The van der Waals surface area contributed by atoms with Crippen molar-refractivity contribution in [3.8, 4) is 0 Å². The molecule has 2 aromatic carbocycles. The number of hydrogen-bond acceptors (Lipinski definition) is 2. The van der Waals surface area contributed by atoms with E-state index in [4.69, 9.17) is 11.6 Å². The maximum Gasteiger partial charge on any atom is 0.248 e. The van der Waals surface area contributed by atoms with Gasteiger partial charge in [0.2, 0.25) is 5.91 Å². The van der Waals surface area contributed by atoms with Gasteiger partial charge in [-0.1, -0.05) is 29.8 Å². The normalized spacial score (nSPS) is 11.1. The molecule has 3 rings (SSSR count). The van der Waals surface area contributed by atoms with Crippen LogP contribution in [-0.4, -0.2) is 16.1 Å². The number of benzene rings is 2. The molecule has 0 spiro atoms. The maximum atomic E-state index is 11.9. The Morgan fingerprint density at radius 1 is 1.24 bits per heavy atom. The number of rotatable bonds is 3. The zero-order chi connectivity index (χ0) is 14.7. The van der Waals surface area contributed by atoms with E-state index in [0.717, 1.165) is 22.2 Å². The van der Waals surface area contributed by atoms with Gasteiger partial charge in [0.25, 0.3) is 0 Å². The maximum absolute atomic E-state index is 11.9. The van der Waals surface area contributed by atoms with Gasteiger partial charge in [-0.05, 0) is 35.9 Å². The first-order valence-corrected chi connectivity index (χ1v) is 6.77. The third-order valence-corrected chi connectivity index (χ3v) is 3.37. The van der Waals surface area contributed by atoms with Crippen molar-refractivity contribution < 1.29 is 4.79 Å². The summed E-state index contributed by atoms with van der Waals surface area (Å²) in [5.41, 5.74) is 2.46. The number of H-pyrrole nitrogens is 1. The van der Waals surface area contributed by atoms with Gasteiger partial charge >= 0.3 is 0 Å². The average Bonchev–Trinajstić information content (AvgIpc) is 2.94. The minimum absolute atomic E-state index is 0.210. The highest BCUT2D eigenvalue weighted by atomic mass is 35.5. The summed E-state index contributed by atoms with van der Waals surface area (Å²) in [5, 5.41) is 11.2. The second-order valence-corrected chi connectivity index (χ2v) is 4.92. The summed E-state index contributed by atoms with van der Waals surface area (Å²) in [6.07, 6.45) is 4.86. The quantitative estimate of drug-likeness (QED) is 0.721. The molecule has 104 valence electrons. The van der Waals surface area contributed by atoms with Crippen LogP contribution >= 0.6 is 11.6 Å². The summed E-state index contributed by atoms with van der Waals surface area (Å²) in [4.78, 5) is 11.9. The van der Waals surface area contributed by atoms with Crippen LogP contribution in [0.4, 0.5) is 5.69 Å². The Kier molecular flexibility index (Phi) is 3.71. The highest BCUT2D eigenvalue weighted by Gasteiger charge is 2.01. The summed E-state index contributed by atoms with van der Waals surface area (Å²) in [6, 6.07) is 12.9. The molecule has 3 aromatic rings. The standard InChI is InChI=1S/C16H12ClN3O/c17-14-4-2-1-3-11(14)5-8-16(21)19-13-6-7-15-12(9-13)10-18-20-15/h1-10H,(H,18,20)(H,19,21)/b8-5+. The van der Waals surface area contributed by atoms with Gasteiger partial charge in [0.1, 0.15) is 0 Å². The van der Waals surface area contributed by atoms with Crippen molar-refractivity contribution >= 4 is 40.2 Å². The molecule has 5 heteroatoms. The second-order valence-electron chi connectivity index (χ2n) is 4.52. The molecule has 1 aromatic heterocycles. The van der Waals surface area contributed by atoms with Crippen LogP contribution in [-0.2, 0) is 4.79 Å². The summed E-state index contributed by atoms with van der Waals surface area (Å²) >= 11 is 6.03. The molecule has 0 aliphatic rings. The van der Waals surface area contributed by atoms with Gasteiger partial charge in [0.05, 0.1) is 11.7 Å². The van der Waals surface area contributed by atoms with Crippen molar-refractivity contribution in [3.05, 3.63) is 65.3 Å². The zero-order valence-corrected chi connectivity index (χ0v) is 11.8. The van der Waals surface area contributed by atoms with Crippen LogP contribution < -0.4 is 5.32 Å². The van der Waals surface area contributed by atoms with Gasteiger partial charge in [0, 0.05) is 22.2 Å². The lowest BCUT2D eigenvalue weighted by Crippen LogP contribution is -2.07. The Morgan fingerprint density at radius 3 is 2.95 bits per heavy atom. The number of halogens is 1. The monoisotopic (exact) mass is 297 g/mol. The fourth-order valence-electron chi connectivity index (χ4n) is 1.98. The number of fused-ring (bicyclic) bond motifs is 1. The fourth-order valence-corrected chi connectivity index (χ4v) is 2.18. The van der Waals surface area contributed by atoms with Crippen molar-refractivity contribution in [2.24, 2.45) is 0 Å². The number of carbonyl (C=O) groups is 1. The Balaban J connectivity index is 1.72. The molecular weight excluding hydrogens is 286 g/mol. The smallest absolute Gasteiger partial charge is 0.248 e. The van der Waals surface area contributed by atoms with Crippen molar-refractivity contribution in [3.63, 3.8) is 0 Å². The first-order valence-electron chi connectivity index (χ1n) is 6.39. The van der Waals surface area contributed by atoms with E-state index in [2.05, 4.69) is 15.5 Å². The lowest BCUT2D eigenvalue weighted by Gasteiger charge is -2.02. The second kappa shape index (κ2) is 5.81. The molecule has 0 radical (unpaired) electrons. The minimum atomic E-state index is -0.210. The molecule has 0 unspecified atom stereocenters. The van der Waals surface area contributed by atoms with Crippen LogP contribution in [0, 0.1) is 0 Å². The van der Waals surface area contributed by atoms with Crippen LogP contribution in [0.3, 0.4) is 0 Å². The van der Waals surface area contributed by atoms with E-state index in [-0.39, 0.29) is 5.91 Å². The van der Waals surface area contributed by atoms with E-state index in [1.54, 1.807) is 18.3 Å². The highest BCUT2D eigenvalue weighted by Crippen LogP contribution is 2.18. The predicted molar refractivity (Wildman–Crippen MR) is 85.2 cm³/mol. The molecule has 0 fully saturated rings. The summed E-state index contributed by atoms with van der Waals surface area (Å²) in [6.45, 7) is 0. The zero-order valence-electron chi connectivity index (χ0n) is 11.0. The molecule has 0 saturated carbocycles.